The standard InChI is InChI=1S/C16H12BrClF3NOS/c1-8-4-10(24-14(8)7-22)6-12(15(23)16(19,20)21)11-3-2-9(17)5-13(11)18/h2-5,12,15,23H,6H2,1H3. The molecule has 2 aromatic rings. The molecule has 1 aromatic carbocycles. The zero-order valence-electron chi connectivity index (χ0n) is 12.4. The molecule has 2 nitrogen and oxygen atoms in total. The maximum atomic E-state index is 13.1. The number of hydrogen-bond acceptors (Lipinski definition) is 3. The number of aryl methyl sites for hydroxylation is 1. The van der Waals surface area contributed by atoms with Crippen molar-refractivity contribution < 1.29 is 18.3 Å². The van der Waals surface area contributed by atoms with Crippen LogP contribution in [0.25, 0.3) is 0 Å². The molecule has 1 aromatic heterocycles. The molecule has 0 spiro atoms. The molecule has 24 heavy (non-hydrogen) atoms. The molecule has 8 heteroatoms. The second-order valence-electron chi connectivity index (χ2n) is 5.30. The van der Waals surface area contributed by atoms with Gasteiger partial charge >= 0.3 is 6.18 Å². The van der Waals surface area contributed by atoms with Crippen LogP contribution in [0.4, 0.5) is 13.2 Å². The summed E-state index contributed by atoms with van der Waals surface area (Å²) in [6, 6.07) is 8.23. The first-order chi connectivity index (χ1) is 11.1. The van der Waals surface area contributed by atoms with Gasteiger partial charge in [-0.05, 0) is 42.7 Å². The molecule has 0 fully saturated rings. The molecule has 2 atom stereocenters. The van der Waals surface area contributed by atoms with E-state index in [-0.39, 0.29) is 17.0 Å². The topological polar surface area (TPSA) is 44.0 Å². The van der Waals surface area contributed by atoms with Gasteiger partial charge < -0.3 is 5.11 Å². The Kier molecular flexibility index (Phi) is 5.97. The van der Waals surface area contributed by atoms with Crippen molar-refractivity contribution in [3.05, 3.63) is 54.6 Å². The summed E-state index contributed by atoms with van der Waals surface area (Å²) in [5, 5.41) is 19.0. The summed E-state index contributed by atoms with van der Waals surface area (Å²) in [5.41, 5.74) is 0.925. The van der Waals surface area contributed by atoms with E-state index >= 15 is 0 Å². The third kappa shape index (κ3) is 4.31. The largest absolute Gasteiger partial charge is 0.414 e. The van der Waals surface area contributed by atoms with Crippen LogP contribution in [0.1, 0.15) is 26.8 Å². The van der Waals surface area contributed by atoms with Gasteiger partial charge in [0.15, 0.2) is 6.10 Å². The number of aliphatic hydroxyl groups excluding tert-OH is 1. The molecule has 0 saturated carbocycles. The highest BCUT2D eigenvalue weighted by atomic mass is 79.9. The van der Waals surface area contributed by atoms with Gasteiger partial charge in [-0.3, -0.25) is 0 Å². The quantitative estimate of drug-likeness (QED) is 0.676. The molecule has 128 valence electrons. The lowest BCUT2D eigenvalue weighted by Gasteiger charge is -2.26. The van der Waals surface area contributed by atoms with Gasteiger partial charge in [-0.1, -0.05) is 33.6 Å². The second-order valence-corrected chi connectivity index (χ2v) is 7.76. The van der Waals surface area contributed by atoms with Crippen LogP contribution in [0.15, 0.2) is 28.7 Å². The number of halogens is 5. The minimum Gasteiger partial charge on any atom is -0.383 e. The predicted molar refractivity (Wildman–Crippen MR) is 91.4 cm³/mol. The van der Waals surface area contributed by atoms with Gasteiger partial charge in [-0.25, -0.2) is 0 Å². The molecule has 0 radical (unpaired) electrons. The van der Waals surface area contributed by atoms with Crippen LogP contribution in [0.2, 0.25) is 5.02 Å². The molecule has 2 unspecified atom stereocenters. The minimum atomic E-state index is -4.77. The molecule has 0 saturated heterocycles. The molecule has 1 heterocycles. The third-order valence-corrected chi connectivity index (χ3v) is 5.55. The van der Waals surface area contributed by atoms with Gasteiger partial charge in [-0.2, -0.15) is 18.4 Å². The summed E-state index contributed by atoms with van der Waals surface area (Å²) in [6.45, 7) is 1.72. The number of hydrogen-bond donors (Lipinski definition) is 1. The van der Waals surface area contributed by atoms with Gasteiger partial charge in [0.25, 0.3) is 0 Å². The van der Waals surface area contributed by atoms with Crippen LogP contribution in [-0.4, -0.2) is 17.4 Å². The van der Waals surface area contributed by atoms with E-state index in [2.05, 4.69) is 15.9 Å². The fraction of sp³-hybridized carbons (Fsp3) is 0.312. The second kappa shape index (κ2) is 7.44. The normalized spacial score (nSPS) is 14.2. The molecule has 0 bridgehead atoms. The molecule has 0 aliphatic heterocycles. The molecule has 0 aliphatic carbocycles. The maximum Gasteiger partial charge on any atom is 0.414 e. The van der Waals surface area contributed by atoms with E-state index < -0.39 is 18.2 Å². The Morgan fingerprint density at radius 2 is 2.04 bits per heavy atom. The first-order valence-corrected chi connectivity index (χ1v) is 8.81. The number of aliphatic hydroxyl groups is 1. The SMILES string of the molecule is Cc1cc(CC(c2ccc(Br)cc2Cl)C(O)C(F)(F)F)sc1C#N. The Morgan fingerprint density at radius 3 is 2.54 bits per heavy atom. The highest BCUT2D eigenvalue weighted by Gasteiger charge is 2.44. The summed E-state index contributed by atoms with van der Waals surface area (Å²) >= 11 is 10.4. The monoisotopic (exact) mass is 437 g/mol. The Hall–Kier alpha value is -1.07. The summed E-state index contributed by atoms with van der Waals surface area (Å²) in [5.74, 6) is -1.25. The van der Waals surface area contributed by atoms with Crippen molar-refractivity contribution in [2.45, 2.75) is 31.5 Å². The fourth-order valence-corrected chi connectivity index (χ4v) is 4.24. The first kappa shape index (κ1) is 19.3. The highest BCUT2D eigenvalue weighted by Crippen LogP contribution is 2.39. The summed E-state index contributed by atoms with van der Waals surface area (Å²) in [6.07, 6.45) is -7.38. The fourth-order valence-electron chi connectivity index (χ4n) is 2.40. The smallest absolute Gasteiger partial charge is 0.383 e. The Labute approximate surface area is 154 Å². The van der Waals surface area contributed by atoms with Crippen molar-refractivity contribution in [2.24, 2.45) is 0 Å². The molecule has 2 rings (SSSR count). The van der Waals surface area contributed by atoms with Crippen molar-refractivity contribution in [1.29, 1.82) is 5.26 Å². The van der Waals surface area contributed by atoms with Crippen LogP contribution in [0, 0.1) is 18.3 Å². The van der Waals surface area contributed by atoms with Gasteiger partial charge in [0.05, 0.1) is 0 Å². The zero-order valence-corrected chi connectivity index (χ0v) is 15.5. The summed E-state index contributed by atoms with van der Waals surface area (Å²) < 4.78 is 39.9. The average molecular weight is 439 g/mol. The van der Waals surface area contributed by atoms with Crippen LogP contribution < -0.4 is 0 Å². The van der Waals surface area contributed by atoms with Gasteiger partial charge in [0.2, 0.25) is 0 Å². The van der Waals surface area contributed by atoms with Crippen LogP contribution >= 0.6 is 38.9 Å². The average Bonchev–Trinajstić information content (AvgIpc) is 2.83. The van der Waals surface area contributed by atoms with Crippen molar-refractivity contribution in [3.8, 4) is 6.07 Å². The summed E-state index contributed by atoms with van der Waals surface area (Å²) in [7, 11) is 0. The number of thiophene rings is 1. The maximum absolute atomic E-state index is 13.1. The van der Waals surface area contributed by atoms with E-state index in [1.54, 1.807) is 19.1 Å². The van der Waals surface area contributed by atoms with E-state index in [9.17, 15) is 18.3 Å². The molecule has 0 amide bonds. The number of nitrogens with zero attached hydrogens (tertiary/aromatic N) is 1. The van der Waals surface area contributed by atoms with E-state index in [0.29, 0.717) is 19.8 Å². The lowest BCUT2D eigenvalue weighted by molar-refractivity contribution is -0.210. The molecular formula is C16H12BrClF3NOS. The van der Waals surface area contributed by atoms with Crippen LogP contribution in [0.5, 0.6) is 0 Å². The van der Waals surface area contributed by atoms with E-state index in [1.807, 2.05) is 6.07 Å². The van der Waals surface area contributed by atoms with E-state index in [4.69, 9.17) is 16.9 Å². The van der Waals surface area contributed by atoms with Gasteiger partial charge in [-0.15, -0.1) is 11.3 Å². The molecular weight excluding hydrogens is 427 g/mol. The van der Waals surface area contributed by atoms with Crippen LogP contribution in [0.3, 0.4) is 0 Å². The number of alkyl halides is 3. The molecule has 0 aliphatic rings. The Morgan fingerprint density at radius 1 is 1.38 bits per heavy atom. The zero-order chi connectivity index (χ0) is 18.1. The molecule has 1 N–H and O–H groups in total. The highest BCUT2D eigenvalue weighted by molar-refractivity contribution is 9.10. The van der Waals surface area contributed by atoms with Crippen molar-refractivity contribution in [3.63, 3.8) is 0 Å². The Balaban J connectivity index is 2.44. The Bertz CT molecular complexity index is 785. The van der Waals surface area contributed by atoms with Crippen LogP contribution in [-0.2, 0) is 6.42 Å². The summed E-state index contributed by atoms with van der Waals surface area (Å²) in [4.78, 5) is 1.04. The van der Waals surface area contributed by atoms with Crippen molar-refractivity contribution in [1.82, 2.24) is 0 Å². The minimum absolute atomic E-state index is 0.0603. The van der Waals surface area contributed by atoms with Gasteiger partial charge in [0, 0.05) is 20.3 Å². The van der Waals surface area contributed by atoms with E-state index in [0.717, 1.165) is 11.3 Å². The predicted octanol–water partition coefficient (Wildman–Crippen LogP) is 5.59. The number of rotatable bonds is 4. The lowest BCUT2D eigenvalue weighted by Crippen LogP contribution is -2.35. The van der Waals surface area contributed by atoms with Gasteiger partial charge in [0.1, 0.15) is 10.9 Å². The lowest BCUT2D eigenvalue weighted by atomic mass is 9.89. The van der Waals surface area contributed by atoms with Crippen molar-refractivity contribution >= 4 is 38.9 Å². The number of benzene rings is 1. The number of nitriles is 1. The van der Waals surface area contributed by atoms with E-state index in [1.165, 1.54) is 12.1 Å². The third-order valence-electron chi connectivity index (χ3n) is 3.57. The van der Waals surface area contributed by atoms with Crippen molar-refractivity contribution in [2.75, 3.05) is 0 Å². The first-order valence-electron chi connectivity index (χ1n) is 6.82.